The standard InChI is InChI=1S/C20H21ClF2N2O2S/c1-20(2,3)28(27)25-17-9-6-12-13(5-8-16(23)18(12)17)19(26)24-11-4-7-15(22)14(21)10-11/h4-5,7-8,10,17,25H,6,9H2,1-3H3,(H,24,26)/t17-,28+/m0/s1. The van der Waals surface area contributed by atoms with Crippen LogP contribution < -0.4 is 10.0 Å². The Balaban J connectivity index is 1.87. The lowest BCUT2D eigenvalue weighted by Gasteiger charge is -2.22. The molecular formula is C20H21ClF2N2O2S. The number of benzene rings is 2. The molecule has 0 unspecified atom stereocenters. The van der Waals surface area contributed by atoms with E-state index in [1.165, 1.54) is 24.3 Å². The van der Waals surface area contributed by atoms with Gasteiger partial charge in [0, 0.05) is 22.9 Å². The number of nitrogens with one attached hydrogen (secondary N) is 2. The molecule has 0 heterocycles. The fourth-order valence-corrected chi connectivity index (χ4v) is 4.15. The fraction of sp³-hybridized carbons (Fsp3) is 0.350. The topological polar surface area (TPSA) is 58.2 Å². The fourth-order valence-electron chi connectivity index (χ4n) is 3.12. The smallest absolute Gasteiger partial charge is 0.255 e. The van der Waals surface area contributed by atoms with Crippen LogP contribution in [0.3, 0.4) is 0 Å². The number of rotatable bonds is 4. The highest BCUT2D eigenvalue weighted by Crippen LogP contribution is 2.36. The summed E-state index contributed by atoms with van der Waals surface area (Å²) in [5.74, 6) is -1.45. The normalized spacial score (nSPS) is 17.3. The summed E-state index contributed by atoms with van der Waals surface area (Å²) in [6.45, 7) is 5.50. The molecule has 0 aliphatic heterocycles. The second-order valence-electron chi connectivity index (χ2n) is 7.66. The van der Waals surface area contributed by atoms with Crippen molar-refractivity contribution in [1.82, 2.24) is 4.72 Å². The summed E-state index contributed by atoms with van der Waals surface area (Å²) in [6.07, 6.45) is 1.03. The van der Waals surface area contributed by atoms with Crippen LogP contribution in [0.25, 0.3) is 0 Å². The van der Waals surface area contributed by atoms with Crippen LogP contribution in [0.15, 0.2) is 30.3 Å². The van der Waals surface area contributed by atoms with E-state index in [9.17, 15) is 17.8 Å². The molecule has 3 rings (SSSR count). The highest BCUT2D eigenvalue weighted by molar-refractivity contribution is 7.84. The van der Waals surface area contributed by atoms with Gasteiger partial charge in [-0.1, -0.05) is 11.6 Å². The van der Waals surface area contributed by atoms with Crippen LogP contribution in [-0.4, -0.2) is 14.9 Å². The maximum absolute atomic E-state index is 14.5. The van der Waals surface area contributed by atoms with Gasteiger partial charge < -0.3 is 5.32 Å². The monoisotopic (exact) mass is 426 g/mol. The minimum atomic E-state index is -1.36. The van der Waals surface area contributed by atoms with Gasteiger partial charge in [-0.2, -0.15) is 0 Å². The first kappa shape index (κ1) is 20.9. The summed E-state index contributed by atoms with van der Waals surface area (Å²) in [5.41, 5.74) is 1.65. The summed E-state index contributed by atoms with van der Waals surface area (Å²) < 4.78 is 42.7. The third kappa shape index (κ3) is 4.26. The predicted octanol–water partition coefficient (Wildman–Crippen LogP) is 4.91. The van der Waals surface area contributed by atoms with Crippen molar-refractivity contribution in [1.29, 1.82) is 0 Å². The molecule has 1 aliphatic rings. The van der Waals surface area contributed by atoms with Gasteiger partial charge in [0.15, 0.2) is 0 Å². The summed E-state index contributed by atoms with van der Waals surface area (Å²) in [5, 5.41) is 2.56. The summed E-state index contributed by atoms with van der Waals surface area (Å²) >= 11 is 5.75. The molecule has 2 aromatic carbocycles. The minimum absolute atomic E-state index is 0.101. The first-order chi connectivity index (χ1) is 13.1. The third-order valence-corrected chi connectivity index (χ3v) is 6.46. The van der Waals surface area contributed by atoms with Gasteiger partial charge in [0.25, 0.3) is 5.91 Å². The van der Waals surface area contributed by atoms with Crippen molar-refractivity contribution in [3.05, 3.63) is 63.7 Å². The van der Waals surface area contributed by atoms with E-state index in [0.717, 1.165) is 6.07 Å². The van der Waals surface area contributed by atoms with E-state index in [-0.39, 0.29) is 5.02 Å². The molecule has 0 radical (unpaired) electrons. The van der Waals surface area contributed by atoms with Crippen molar-refractivity contribution in [2.24, 2.45) is 0 Å². The van der Waals surface area contributed by atoms with Crippen LogP contribution in [-0.2, 0) is 17.4 Å². The predicted molar refractivity (Wildman–Crippen MR) is 108 cm³/mol. The number of fused-ring (bicyclic) bond motifs is 1. The Kier molecular flexibility index (Phi) is 5.89. The van der Waals surface area contributed by atoms with E-state index in [4.69, 9.17) is 11.6 Å². The molecule has 0 saturated heterocycles. The first-order valence-electron chi connectivity index (χ1n) is 8.83. The van der Waals surface area contributed by atoms with Crippen LogP contribution in [0.5, 0.6) is 0 Å². The van der Waals surface area contributed by atoms with Crippen LogP contribution in [0.2, 0.25) is 5.02 Å². The van der Waals surface area contributed by atoms with E-state index < -0.39 is 39.3 Å². The summed E-state index contributed by atoms with van der Waals surface area (Å²) in [4.78, 5) is 12.7. The summed E-state index contributed by atoms with van der Waals surface area (Å²) in [6, 6.07) is 6.12. The third-order valence-electron chi connectivity index (χ3n) is 4.56. The molecule has 2 atom stereocenters. The zero-order valence-corrected chi connectivity index (χ0v) is 17.3. The van der Waals surface area contributed by atoms with Gasteiger partial charge in [-0.05, 0) is 69.5 Å². The minimum Gasteiger partial charge on any atom is -0.322 e. The molecule has 1 aliphatic carbocycles. The molecule has 1 amide bonds. The Bertz CT molecular complexity index is 960. The van der Waals surface area contributed by atoms with Gasteiger partial charge in [-0.3, -0.25) is 4.79 Å². The highest BCUT2D eigenvalue weighted by Gasteiger charge is 2.33. The summed E-state index contributed by atoms with van der Waals surface area (Å²) in [7, 11) is -1.36. The van der Waals surface area contributed by atoms with Gasteiger partial charge >= 0.3 is 0 Å². The number of carbonyl (C=O) groups excluding carboxylic acids is 1. The number of hydrogen-bond acceptors (Lipinski definition) is 2. The molecule has 0 aromatic heterocycles. The molecule has 8 heteroatoms. The number of anilines is 1. The van der Waals surface area contributed by atoms with Crippen LogP contribution in [0, 0.1) is 11.6 Å². The Hall–Kier alpha value is -1.83. The molecule has 4 nitrogen and oxygen atoms in total. The Morgan fingerprint density at radius 3 is 2.50 bits per heavy atom. The lowest BCUT2D eigenvalue weighted by Crippen LogP contribution is -2.35. The van der Waals surface area contributed by atoms with Gasteiger partial charge in [0.2, 0.25) is 0 Å². The number of carbonyl (C=O) groups is 1. The SMILES string of the molecule is CC(C)(C)[S@@](=O)N[C@H]1CCc2c(C(=O)Nc3ccc(F)c(Cl)c3)ccc(F)c21. The number of amides is 1. The van der Waals surface area contributed by atoms with E-state index in [1.54, 1.807) is 0 Å². The maximum atomic E-state index is 14.5. The molecule has 2 aromatic rings. The molecule has 28 heavy (non-hydrogen) atoms. The Morgan fingerprint density at radius 1 is 1.18 bits per heavy atom. The Labute approximate surface area is 170 Å². The number of halogens is 3. The van der Waals surface area contributed by atoms with E-state index in [0.29, 0.717) is 35.2 Å². The van der Waals surface area contributed by atoms with Crippen molar-refractivity contribution in [2.75, 3.05) is 5.32 Å². The molecule has 150 valence electrons. The lowest BCUT2D eigenvalue weighted by molar-refractivity contribution is 0.102. The van der Waals surface area contributed by atoms with Gasteiger partial charge in [0.05, 0.1) is 20.8 Å². The van der Waals surface area contributed by atoms with E-state index >= 15 is 0 Å². The van der Waals surface area contributed by atoms with Gasteiger partial charge in [0.1, 0.15) is 11.6 Å². The quantitative estimate of drug-likeness (QED) is 0.729. The molecular weight excluding hydrogens is 406 g/mol. The van der Waals surface area contributed by atoms with Crippen LogP contribution in [0.4, 0.5) is 14.5 Å². The Morgan fingerprint density at radius 2 is 1.86 bits per heavy atom. The molecule has 0 fully saturated rings. The zero-order valence-electron chi connectivity index (χ0n) is 15.7. The van der Waals surface area contributed by atoms with E-state index in [2.05, 4.69) is 10.0 Å². The molecule has 0 bridgehead atoms. The second kappa shape index (κ2) is 7.89. The molecule has 0 spiro atoms. The lowest BCUT2D eigenvalue weighted by atomic mass is 10.0. The largest absolute Gasteiger partial charge is 0.322 e. The maximum Gasteiger partial charge on any atom is 0.255 e. The van der Waals surface area contributed by atoms with Crippen LogP contribution in [0.1, 0.15) is 54.7 Å². The van der Waals surface area contributed by atoms with Crippen LogP contribution >= 0.6 is 11.6 Å². The van der Waals surface area contributed by atoms with Crippen molar-refractivity contribution in [3.8, 4) is 0 Å². The van der Waals surface area contributed by atoms with Crippen molar-refractivity contribution >= 4 is 34.2 Å². The van der Waals surface area contributed by atoms with Gasteiger partial charge in [-0.25, -0.2) is 17.7 Å². The average Bonchev–Trinajstić information content (AvgIpc) is 3.02. The number of hydrogen-bond donors (Lipinski definition) is 2. The van der Waals surface area contributed by atoms with Gasteiger partial charge in [-0.15, -0.1) is 0 Å². The van der Waals surface area contributed by atoms with Crippen molar-refractivity contribution in [3.63, 3.8) is 0 Å². The average molecular weight is 427 g/mol. The first-order valence-corrected chi connectivity index (χ1v) is 10.4. The molecule has 0 saturated carbocycles. The zero-order chi connectivity index (χ0) is 20.6. The van der Waals surface area contributed by atoms with E-state index in [1.807, 2.05) is 20.8 Å². The highest BCUT2D eigenvalue weighted by atomic mass is 35.5. The van der Waals surface area contributed by atoms with Crippen molar-refractivity contribution in [2.45, 2.75) is 44.4 Å². The second-order valence-corrected chi connectivity index (χ2v) is 10.1. The molecule has 2 N–H and O–H groups in total. The van der Waals surface area contributed by atoms with Crippen molar-refractivity contribution < 1.29 is 17.8 Å².